The molecular formula is C27H35N5O3S. The van der Waals surface area contributed by atoms with Gasteiger partial charge in [0.1, 0.15) is 28.0 Å². The molecule has 4 rings (SSSR count). The van der Waals surface area contributed by atoms with Crippen LogP contribution in [0, 0.1) is 6.92 Å². The molecule has 1 aliphatic rings. The number of nitrogens with one attached hydrogen (secondary N) is 2. The fraction of sp³-hybridized carbons (Fsp3) is 0.481. The van der Waals surface area contributed by atoms with Gasteiger partial charge in [-0.2, -0.15) is 0 Å². The summed E-state index contributed by atoms with van der Waals surface area (Å²) in [6.07, 6.45) is 6.81. The lowest BCUT2D eigenvalue weighted by Crippen LogP contribution is -2.34. The van der Waals surface area contributed by atoms with Gasteiger partial charge in [-0.15, -0.1) is 11.3 Å². The fourth-order valence-corrected chi connectivity index (χ4v) is 5.59. The number of anilines is 2. The maximum Gasteiger partial charge on any atom is 0.348 e. The molecule has 2 aromatic heterocycles. The van der Waals surface area contributed by atoms with Crippen molar-refractivity contribution in [3.05, 3.63) is 46.6 Å². The van der Waals surface area contributed by atoms with Crippen LogP contribution < -0.4 is 10.6 Å². The first-order valence-electron chi connectivity index (χ1n) is 12.8. The highest BCUT2D eigenvalue weighted by Gasteiger charge is 2.24. The van der Waals surface area contributed by atoms with Crippen molar-refractivity contribution in [3.8, 4) is 0 Å². The predicted octanol–water partition coefficient (Wildman–Crippen LogP) is 5.30. The van der Waals surface area contributed by atoms with Crippen molar-refractivity contribution in [2.45, 2.75) is 59.0 Å². The molecule has 1 aromatic carbocycles. The Morgan fingerprint density at radius 2 is 1.81 bits per heavy atom. The molecule has 1 amide bonds. The maximum absolute atomic E-state index is 12.9. The number of likely N-dealkylation sites (N-methyl/N-ethyl adjacent to an activating group) is 1. The number of hydrogen-bond donors (Lipinski definition) is 2. The van der Waals surface area contributed by atoms with Crippen molar-refractivity contribution in [2.24, 2.45) is 0 Å². The third-order valence-electron chi connectivity index (χ3n) is 6.76. The number of carbonyl (C=O) groups excluding carboxylic acids is 2. The van der Waals surface area contributed by atoms with E-state index in [2.05, 4.69) is 39.3 Å². The number of hydrogen-bond acceptors (Lipinski definition) is 8. The van der Waals surface area contributed by atoms with E-state index in [4.69, 9.17) is 4.74 Å². The van der Waals surface area contributed by atoms with Crippen LogP contribution in [-0.4, -0.2) is 59.0 Å². The molecule has 3 aromatic rings. The molecule has 8 nitrogen and oxygen atoms in total. The quantitative estimate of drug-likeness (QED) is 0.358. The first-order chi connectivity index (χ1) is 17.5. The van der Waals surface area contributed by atoms with E-state index in [-0.39, 0.29) is 18.0 Å². The van der Waals surface area contributed by atoms with Gasteiger partial charge in [-0.1, -0.05) is 20.3 Å². The second kappa shape index (κ2) is 12.3. The van der Waals surface area contributed by atoms with Crippen molar-refractivity contribution in [3.63, 3.8) is 0 Å². The van der Waals surface area contributed by atoms with E-state index in [1.165, 1.54) is 24.1 Å². The van der Waals surface area contributed by atoms with E-state index in [0.717, 1.165) is 66.8 Å². The number of ether oxygens (including phenoxy) is 1. The molecule has 2 heterocycles. The van der Waals surface area contributed by atoms with E-state index in [9.17, 15) is 9.59 Å². The standard InChI is InChI=1S/C27H35N5O3S/c1-4-32(5-2)16-15-28-25(33)19-11-13-20(14-12-19)31-24-22-18(3)23(36-26(22)30-17-29-24)27(34)35-21-9-7-6-8-10-21/h11-14,17,21H,4-10,15-16H2,1-3H3,(H,28,33)(H,29,30,31). The maximum atomic E-state index is 12.9. The summed E-state index contributed by atoms with van der Waals surface area (Å²) in [5, 5.41) is 7.12. The number of benzene rings is 1. The first-order valence-corrected chi connectivity index (χ1v) is 13.6. The summed E-state index contributed by atoms with van der Waals surface area (Å²) in [4.78, 5) is 37.8. The Kier molecular flexibility index (Phi) is 8.88. The summed E-state index contributed by atoms with van der Waals surface area (Å²) < 4.78 is 5.80. The van der Waals surface area contributed by atoms with Crippen molar-refractivity contribution in [1.82, 2.24) is 20.2 Å². The minimum Gasteiger partial charge on any atom is -0.458 e. The number of aromatic nitrogens is 2. The van der Waals surface area contributed by atoms with Gasteiger partial charge in [-0.05, 0) is 75.5 Å². The second-order valence-electron chi connectivity index (χ2n) is 9.11. The zero-order valence-corrected chi connectivity index (χ0v) is 22.1. The lowest BCUT2D eigenvalue weighted by molar-refractivity contribution is 0.0216. The molecule has 1 aliphatic carbocycles. The zero-order valence-electron chi connectivity index (χ0n) is 21.3. The molecule has 0 saturated heterocycles. The summed E-state index contributed by atoms with van der Waals surface area (Å²) >= 11 is 1.34. The van der Waals surface area contributed by atoms with Crippen LogP contribution in [0.5, 0.6) is 0 Å². The number of rotatable bonds is 10. The molecule has 1 saturated carbocycles. The topological polar surface area (TPSA) is 96.5 Å². The normalized spacial score (nSPS) is 14.2. The van der Waals surface area contributed by atoms with Crippen LogP contribution in [0.1, 0.15) is 71.5 Å². The Labute approximate surface area is 216 Å². The zero-order chi connectivity index (χ0) is 25.5. The number of esters is 1. The van der Waals surface area contributed by atoms with Crippen molar-refractivity contribution in [2.75, 3.05) is 31.5 Å². The highest BCUT2D eigenvalue weighted by molar-refractivity contribution is 7.20. The van der Waals surface area contributed by atoms with Gasteiger partial charge < -0.3 is 20.3 Å². The number of carbonyl (C=O) groups is 2. The smallest absolute Gasteiger partial charge is 0.348 e. The molecule has 0 aliphatic heterocycles. The van der Waals surface area contributed by atoms with Crippen LogP contribution in [-0.2, 0) is 4.74 Å². The lowest BCUT2D eigenvalue weighted by Gasteiger charge is -2.21. The molecule has 0 atom stereocenters. The Morgan fingerprint density at radius 3 is 2.50 bits per heavy atom. The third-order valence-corrected chi connectivity index (χ3v) is 7.94. The second-order valence-corrected chi connectivity index (χ2v) is 10.1. The number of thiophene rings is 1. The van der Waals surface area contributed by atoms with Gasteiger partial charge in [0.25, 0.3) is 5.91 Å². The van der Waals surface area contributed by atoms with Gasteiger partial charge in [0.15, 0.2) is 0 Å². The van der Waals surface area contributed by atoms with Crippen molar-refractivity contribution >= 4 is 44.9 Å². The first kappa shape index (κ1) is 26.0. The van der Waals surface area contributed by atoms with E-state index >= 15 is 0 Å². The van der Waals surface area contributed by atoms with E-state index in [1.54, 1.807) is 12.1 Å². The molecule has 9 heteroatoms. The van der Waals surface area contributed by atoms with Crippen LogP contribution in [0.25, 0.3) is 10.2 Å². The third kappa shape index (κ3) is 6.20. The Bertz CT molecular complexity index is 1180. The molecule has 0 radical (unpaired) electrons. The molecule has 2 N–H and O–H groups in total. The minimum atomic E-state index is -0.273. The van der Waals surface area contributed by atoms with Gasteiger partial charge in [-0.25, -0.2) is 14.8 Å². The van der Waals surface area contributed by atoms with E-state index in [0.29, 0.717) is 22.8 Å². The summed E-state index contributed by atoms with van der Waals surface area (Å²) in [5.74, 6) is 0.263. The Morgan fingerprint density at radius 1 is 1.08 bits per heavy atom. The molecule has 0 spiro atoms. The van der Waals surface area contributed by atoms with Crippen molar-refractivity contribution < 1.29 is 14.3 Å². The monoisotopic (exact) mass is 509 g/mol. The highest BCUT2D eigenvalue weighted by Crippen LogP contribution is 2.35. The highest BCUT2D eigenvalue weighted by atomic mass is 32.1. The molecule has 192 valence electrons. The van der Waals surface area contributed by atoms with Crippen LogP contribution in [0.4, 0.5) is 11.5 Å². The number of fused-ring (bicyclic) bond motifs is 1. The van der Waals surface area contributed by atoms with Gasteiger partial charge >= 0.3 is 5.97 Å². The SMILES string of the molecule is CCN(CC)CCNC(=O)c1ccc(Nc2ncnc3sc(C(=O)OC4CCCCC4)c(C)c23)cc1. The number of aryl methyl sites for hydroxylation is 1. The van der Waals surface area contributed by atoms with Crippen LogP contribution >= 0.6 is 11.3 Å². The van der Waals surface area contributed by atoms with E-state index < -0.39 is 0 Å². The van der Waals surface area contributed by atoms with Crippen LogP contribution in [0.15, 0.2) is 30.6 Å². The summed E-state index contributed by atoms with van der Waals surface area (Å²) in [6, 6.07) is 7.29. The predicted molar refractivity (Wildman–Crippen MR) is 144 cm³/mol. The molecule has 1 fully saturated rings. The van der Waals surface area contributed by atoms with Gasteiger partial charge in [-0.3, -0.25) is 4.79 Å². The van der Waals surface area contributed by atoms with Crippen LogP contribution in [0.3, 0.4) is 0 Å². The van der Waals surface area contributed by atoms with Crippen molar-refractivity contribution in [1.29, 1.82) is 0 Å². The average molecular weight is 510 g/mol. The molecule has 36 heavy (non-hydrogen) atoms. The molecular weight excluding hydrogens is 474 g/mol. The largest absolute Gasteiger partial charge is 0.458 e. The van der Waals surface area contributed by atoms with E-state index in [1.807, 2.05) is 19.1 Å². The molecule has 0 bridgehead atoms. The van der Waals surface area contributed by atoms with Gasteiger partial charge in [0.05, 0.1) is 5.39 Å². The lowest BCUT2D eigenvalue weighted by atomic mass is 9.98. The average Bonchev–Trinajstić information content (AvgIpc) is 3.25. The summed E-state index contributed by atoms with van der Waals surface area (Å²) in [6.45, 7) is 9.52. The summed E-state index contributed by atoms with van der Waals surface area (Å²) in [5.41, 5.74) is 2.22. The molecule has 0 unspecified atom stereocenters. The Balaban J connectivity index is 1.43. The number of amides is 1. The minimum absolute atomic E-state index is 0.00693. The fourth-order valence-electron chi connectivity index (χ4n) is 4.56. The van der Waals surface area contributed by atoms with Gasteiger partial charge in [0, 0.05) is 24.3 Å². The number of nitrogens with zero attached hydrogens (tertiary/aromatic N) is 3. The Hall–Kier alpha value is -3.04. The van der Waals surface area contributed by atoms with Gasteiger partial charge in [0.2, 0.25) is 0 Å². The van der Waals surface area contributed by atoms with Crippen LogP contribution in [0.2, 0.25) is 0 Å². The summed E-state index contributed by atoms with van der Waals surface area (Å²) in [7, 11) is 0.